The lowest BCUT2D eigenvalue weighted by molar-refractivity contribution is -0.115. The lowest BCUT2D eigenvalue weighted by Crippen LogP contribution is -2.30. The highest BCUT2D eigenvalue weighted by atomic mass is 16.5. The predicted octanol–water partition coefficient (Wildman–Crippen LogP) is 2.66. The lowest BCUT2D eigenvalue weighted by Gasteiger charge is -2.13. The van der Waals surface area contributed by atoms with Crippen LogP contribution in [0.25, 0.3) is 0 Å². The van der Waals surface area contributed by atoms with Crippen LogP contribution in [0.4, 0.5) is 5.69 Å². The van der Waals surface area contributed by atoms with E-state index in [-0.39, 0.29) is 18.5 Å². The number of nitrogens with one attached hydrogen (secondary N) is 2. The number of methoxy groups -OCH3 is 1. The Kier molecular flexibility index (Phi) is 5.54. The second-order valence-corrected chi connectivity index (χ2v) is 5.19. The first-order valence-corrected chi connectivity index (χ1v) is 7.27. The van der Waals surface area contributed by atoms with Gasteiger partial charge in [-0.05, 0) is 43.7 Å². The van der Waals surface area contributed by atoms with E-state index in [1.54, 1.807) is 30.5 Å². The molecule has 6 nitrogen and oxygen atoms in total. The smallest absolute Gasteiger partial charge is 0.337 e. The summed E-state index contributed by atoms with van der Waals surface area (Å²) in [4.78, 5) is 23.6. The number of carbonyl (C=O) groups is 2. The van der Waals surface area contributed by atoms with Crippen LogP contribution in [0.5, 0.6) is 0 Å². The third kappa shape index (κ3) is 4.43. The van der Waals surface area contributed by atoms with E-state index in [0.29, 0.717) is 11.3 Å². The summed E-state index contributed by atoms with van der Waals surface area (Å²) >= 11 is 0. The van der Waals surface area contributed by atoms with Crippen LogP contribution in [-0.2, 0) is 9.53 Å². The van der Waals surface area contributed by atoms with Crippen molar-refractivity contribution in [2.75, 3.05) is 19.0 Å². The highest BCUT2D eigenvalue weighted by Gasteiger charge is 2.12. The molecule has 1 heterocycles. The van der Waals surface area contributed by atoms with E-state index in [9.17, 15) is 9.59 Å². The van der Waals surface area contributed by atoms with Gasteiger partial charge in [0.25, 0.3) is 0 Å². The summed E-state index contributed by atoms with van der Waals surface area (Å²) in [5.41, 5.74) is 1.85. The Morgan fingerprint density at radius 3 is 2.74 bits per heavy atom. The number of hydrogen-bond acceptors (Lipinski definition) is 5. The Bertz CT molecular complexity index is 680. The molecule has 0 radical (unpaired) electrons. The summed E-state index contributed by atoms with van der Waals surface area (Å²) in [7, 11) is 1.32. The lowest BCUT2D eigenvalue weighted by atomic mass is 10.1. The summed E-state index contributed by atoms with van der Waals surface area (Å²) < 4.78 is 9.96. The van der Waals surface area contributed by atoms with Gasteiger partial charge in [0.15, 0.2) is 0 Å². The molecule has 1 amide bonds. The molecule has 0 saturated heterocycles. The molecule has 6 heteroatoms. The van der Waals surface area contributed by atoms with E-state index in [4.69, 9.17) is 4.42 Å². The van der Waals surface area contributed by atoms with Crippen LogP contribution in [0.1, 0.15) is 34.6 Å². The maximum atomic E-state index is 12.1. The molecule has 0 aliphatic carbocycles. The Morgan fingerprint density at radius 2 is 2.09 bits per heavy atom. The molecular formula is C17H20N2O4. The van der Waals surface area contributed by atoms with Crippen molar-refractivity contribution in [3.8, 4) is 0 Å². The van der Waals surface area contributed by atoms with Crippen molar-refractivity contribution in [1.82, 2.24) is 5.32 Å². The van der Waals surface area contributed by atoms with Gasteiger partial charge in [-0.1, -0.05) is 6.07 Å². The van der Waals surface area contributed by atoms with E-state index in [0.717, 1.165) is 11.3 Å². The molecule has 2 rings (SSSR count). The molecule has 0 saturated carbocycles. The number of ether oxygens (including phenoxy) is 1. The van der Waals surface area contributed by atoms with Crippen molar-refractivity contribution >= 4 is 17.6 Å². The summed E-state index contributed by atoms with van der Waals surface area (Å²) in [5, 5.41) is 5.87. The number of amides is 1. The van der Waals surface area contributed by atoms with Crippen molar-refractivity contribution in [1.29, 1.82) is 0 Å². The number of furan rings is 1. The van der Waals surface area contributed by atoms with Gasteiger partial charge in [0.05, 0.1) is 31.5 Å². The van der Waals surface area contributed by atoms with Gasteiger partial charge >= 0.3 is 5.97 Å². The molecule has 2 N–H and O–H groups in total. The SMILES string of the molecule is COC(=O)c1ccc(C)c(NC(=O)CN[C@@H](C)c2ccco2)c1. The first-order valence-electron chi connectivity index (χ1n) is 7.27. The molecule has 1 aromatic heterocycles. The largest absolute Gasteiger partial charge is 0.468 e. The Hall–Kier alpha value is -2.60. The first kappa shape index (κ1) is 16.8. The Balaban J connectivity index is 1.96. The van der Waals surface area contributed by atoms with Gasteiger partial charge in [0.1, 0.15) is 5.76 Å². The standard InChI is InChI=1S/C17H20N2O4/c1-11-6-7-13(17(21)22-3)9-14(11)19-16(20)10-18-12(2)15-5-4-8-23-15/h4-9,12,18H,10H2,1-3H3,(H,19,20)/t12-/m0/s1. The predicted molar refractivity (Wildman–Crippen MR) is 86.3 cm³/mol. The number of carbonyl (C=O) groups excluding carboxylic acids is 2. The summed E-state index contributed by atoms with van der Waals surface area (Å²) in [6.07, 6.45) is 1.59. The zero-order valence-corrected chi connectivity index (χ0v) is 13.4. The molecule has 122 valence electrons. The average molecular weight is 316 g/mol. The summed E-state index contributed by atoms with van der Waals surface area (Å²) in [6, 6.07) is 8.61. The van der Waals surface area contributed by atoms with Gasteiger partial charge in [0.2, 0.25) is 5.91 Å². The number of esters is 1. The molecule has 1 atom stereocenters. The van der Waals surface area contributed by atoms with E-state index in [1.165, 1.54) is 7.11 Å². The zero-order valence-electron chi connectivity index (χ0n) is 13.4. The van der Waals surface area contributed by atoms with Crippen LogP contribution < -0.4 is 10.6 Å². The molecule has 0 fully saturated rings. The third-order valence-corrected chi connectivity index (χ3v) is 3.47. The highest BCUT2D eigenvalue weighted by molar-refractivity contribution is 5.96. The van der Waals surface area contributed by atoms with Gasteiger partial charge in [-0.25, -0.2) is 4.79 Å². The average Bonchev–Trinajstić information content (AvgIpc) is 3.08. The minimum atomic E-state index is -0.440. The van der Waals surface area contributed by atoms with Crippen LogP contribution in [0.2, 0.25) is 0 Å². The van der Waals surface area contributed by atoms with Gasteiger partial charge in [-0.3, -0.25) is 10.1 Å². The number of benzene rings is 1. The molecular weight excluding hydrogens is 296 g/mol. The fourth-order valence-corrected chi connectivity index (χ4v) is 2.08. The normalized spacial score (nSPS) is 11.8. The fraction of sp³-hybridized carbons (Fsp3) is 0.294. The van der Waals surface area contributed by atoms with Gasteiger partial charge in [0, 0.05) is 5.69 Å². The monoisotopic (exact) mass is 316 g/mol. The maximum absolute atomic E-state index is 12.1. The third-order valence-electron chi connectivity index (χ3n) is 3.47. The second kappa shape index (κ2) is 7.60. The van der Waals surface area contributed by atoms with Crippen LogP contribution in [-0.4, -0.2) is 25.5 Å². The quantitative estimate of drug-likeness (QED) is 0.801. The van der Waals surface area contributed by atoms with Crippen LogP contribution in [0.15, 0.2) is 41.0 Å². The van der Waals surface area contributed by atoms with Crippen molar-refractivity contribution in [3.05, 3.63) is 53.5 Å². The molecule has 0 spiro atoms. The fourth-order valence-electron chi connectivity index (χ4n) is 2.08. The summed E-state index contributed by atoms with van der Waals surface area (Å²) in [6.45, 7) is 3.90. The molecule has 1 aromatic carbocycles. The van der Waals surface area contributed by atoms with Gasteiger partial charge < -0.3 is 14.5 Å². The van der Waals surface area contributed by atoms with Gasteiger partial charge in [-0.2, -0.15) is 0 Å². The van der Waals surface area contributed by atoms with Crippen molar-refractivity contribution < 1.29 is 18.7 Å². The minimum Gasteiger partial charge on any atom is -0.468 e. The molecule has 0 aliphatic heterocycles. The van der Waals surface area contributed by atoms with E-state index >= 15 is 0 Å². The number of rotatable bonds is 6. The maximum Gasteiger partial charge on any atom is 0.337 e. The van der Waals surface area contributed by atoms with E-state index in [1.807, 2.05) is 19.9 Å². The number of hydrogen-bond donors (Lipinski definition) is 2. The molecule has 0 bridgehead atoms. The van der Waals surface area contributed by atoms with E-state index in [2.05, 4.69) is 15.4 Å². The highest BCUT2D eigenvalue weighted by Crippen LogP contribution is 2.17. The Morgan fingerprint density at radius 1 is 1.30 bits per heavy atom. The first-order chi connectivity index (χ1) is 11.0. The number of aryl methyl sites for hydroxylation is 1. The van der Waals surface area contributed by atoms with Crippen LogP contribution in [0, 0.1) is 6.92 Å². The van der Waals surface area contributed by atoms with E-state index < -0.39 is 5.97 Å². The van der Waals surface area contributed by atoms with Gasteiger partial charge in [-0.15, -0.1) is 0 Å². The van der Waals surface area contributed by atoms with Crippen molar-refractivity contribution in [2.45, 2.75) is 19.9 Å². The Labute approximate surface area is 134 Å². The van der Waals surface area contributed by atoms with Crippen LogP contribution >= 0.6 is 0 Å². The summed E-state index contributed by atoms with van der Waals surface area (Å²) in [5.74, 6) is 0.125. The van der Waals surface area contributed by atoms with Crippen LogP contribution in [0.3, 0.4) is 0 Å². The molecule has 0 aliphatic rings. The molecule has 2 aromatic rings. The minimum absolute atomic E-state index is 0.0711. The van der Waals surface area contributed by atoms with Crippen molar-refractivity contribution in [2.24, 2.45) is 0 Å². The molecule has 23 heavy (non-hydrogen) atoms. The topological polar surface area (TPSA) is 80.6 Å². The van der Waals surface area contributed by atoms with Crippen molar-refractivity contribution in [3.63, 3.8) is 0 Å². The number of anilines is 1. The zero-order chi connectivity index (χ0) is 16.8. The second-order valence-electron chi connectivity index (χ2n) is 5.19. The molecule has 0 unspecified atom stereocenters.